The van der Waals surface area contributed by atoms with Crippen LogP contribution in [0.4, 0.5) is 4.39 Å². The minimum atomic E-state index is -0.592. The molecule has 1 aliphatic heterocycles. The number of benzene rings is 3. The lowest BCUT2D eigenvalue weighted by Crippen LogP contribution is -2.50. The standard InChI is InChI=1S/C34H41FN4O2/c1-24-7-9-26(10-8-24)22-38(20-19-25-5-3-2-4-6-25)31-21-32(33(40)37-30-17-15-29(36)16-18-30)39(23-31)34(41)27-11-13-28(35)14-12-27/h2-14,29-32H,15-23,36H2,1H3,(H,37,40). The van der Waals surface area contributed by atoms with E-state index >= 15 is 0 Å². The Morgan fingerprint density at radius 2 is 1.61 bits per heavy atom. The molecule has 1 saturated carbocycles. The molecule has 2 unspecified atom stereocenters. The van der Waals surface area contributed by atoms with E-state index in [0.717, 1.165) is 45.2 Å². The molecule has 7 heteroatoms. The molecule has 1 saturated heterocycles. The Labute approximate surface area is 242 Å². The Balaban J connectivity index is 1.38. The third-order valence-corrected chi connectivity index (χ3v) is 8.61. The first-order valence-corrected chi connectivity index (χ1v) is 14.8. The van der Waals surface area contributed by atoms with E-state index in [1.807, 2.05) is 6.07 Å². The van der Waals surface area contributed by atoms with Crippen LogP contribution in [0.1, 0.15) is 59.2 Å². The van der Waals surface area contributed by atoms with Gasteiger partial charge in [0.05, 0.1) is 0 Å². The van der Waals surface area contributed by atoms with Crippen LogP contribution in [0.15, 0.2) is 78.9 Å². The number of rotatable bonds is 9. The van der Waals surface area contributed by atoms with Gasteiger partial charge in [-0.15, -0.1) is 0 Å². The molecule has 216 valence electrons. The highest BCUT2D eigenvalue weighted by atomic mass is 19.1. The van der Waals surface area contributed by atoms with Crippen LogP contribution < -0.4 is 11.1 Å². The van der Waals surface area contributed by atoms with Gasteiger partial charge in [0.25, 0.3) is 5.91 Å². The zero-order chi connectivity index (χ0) is 28.8. The largest absolute Gasteiger partial charge is 0.352 e. The Morgan fingerprint density at radius 3 is 2.29 bits per heavy atom. The van der Waals surface area contributed by atoms with Gasteiger partial charge in [0.15, 0.2) is 0 Å². The maximum atomic E-state index is 13.7. The van der Waals surface area contributed by atoms with Crippen LogP contribution in [0, 0.1) is 12.7 Å². The molecule has 1 aliphatic carbocycles. The van der Waals surface area contributed by atoms with Gasteiger partial charge >= 0.3 is 0 Å². The SMILES string of the molecule is Cc1ccc(CN(CCc2ccccc2)C2CC(C(=O)NC3CCC(N)CC3)N(C(=O)c3ccc(F)cc3)C2)cc1. The van der Waals surface area contributed by atoms with E-state index in [1.54, 1.807) is 4.90 Å². The average molecular weight is 557 g/mol. The average Bonchev–Trinajstić information content (AvgIpc) is 3.44. The van der Waals surface area contributed by atoms with Gasteiger partial charge in [-0.05, 0) is 80.8 Å². The van der Waals surface area contributed by atoms with Gasteiger partial charge in [0.1, 0.15) is 11.9 Å². The highest BCUT2D eigenvalue weighted by molar-refractivity contribution is 5.98. The third-order valence-electron chi connectivity index (χ3n) is 8.61. The zero-order valence-electron chi connectivity index (χ0n) is 23.8. The molecule has 1 heterocycles. The summed E-state index contributed by atoms with van der Waals surface area (Å²) in [6, 6.07) is 24.2. The summed E-state index contributed by atoms with van der Waals surface area (Å²) >= 11 is 0. The molecule has 2 aliphatic rings. The van der Waals surface area contributed by atoms with E-state index in [0.29, 0.717) is 18.5 Å². The lowest BCUT2D eigenvalue weighted by Gasteiger charge is -2.30. The zero-order valence-corrected chi connectivity index (χ0v) is 23.8. The van der Waals surface area contributed by atoms with Crippen LogP contribution in [-0.4, -0.2) is 58.9 Å². The number of aryl methyl sites for hydroxylation is 1. The summed E-state index contributed by atoms with van der Waals surface area (Å²) in [5, 5.41) is 3.23. The highest BCUT2D eigenvalue weighted by Gasteiger charge is 2.42. The summed E-state index contributed by atoms with van der Waals surface area (Å²) in [6.07, 6.45) is 4.90. The predicted molar refractivity (Wildman–Crippen MR) is 160 cm³/mol. The van der Waals surface area contributed by atoms with Crippen molar-refractivity contribution in [3.8, 4) is 0 Å². The van der Waals surface area contributed by atoms with Crippen LogP contribution >= 0.6 is 0 Å². The van der Waals surface area contributed by atoms with Gasteiger partial charge in [-0.1, -0.05) is 60.2 Å². The van der Waals surface area contributed by atoms with Crippen molar-refractivity contribution in [2.75, 3.05) is 13.1 Å². The number of nitrogens with zero attached hydrogens (tertiary/aromatic N) is 2. The second-order valence-corrected chi connectivity index (χ2v) is 11.7. The number of halogens is 1. The molecule has 3 N–H and O–H groups in total. The van der Waals surface area contributed by atoms with Gasteiger partial charge in [-0.3, -0.25) is 14.5 Å². The molecule has 0 bridgehead atoms. The fourth-order valence-corrected chi connectivity index (χ4v) is 6.11. The quantitative estimate of drug-likeness (QED) is 0.395. The Kier molecular flexibility index (Phi) is 9.47. The van der Waals surface area contributed by atoms with Crippen molar-refractivity contribution in [3.63, 3.8) is 0 Å². The van der Waals surface area contributed by atoms with Crippen LogP contribution in [0.5, 0.6) is 0 Å². The van der Waals surface area contributed by atoms with Crippen molar-refractivity contribution >= 4 is 11.8 Å². The predicted octanol–water partition coefficient (Wildman–Crippen LogP) is 4.85. The molecular formula is C34H41FN4O2. The number of hydrogen-bond donors (Lipinski definition) is 2. The van der Waals surface area contributed by atoms with Gasteiger partial charge in [0, 0.05) is 43.3 Å². The van der Waals surface area contributed by atoms with E-state index < -0.39 is 11.9 Å². The van der Waals surface area contributed by atoms with Gasteiger partial charge in [-0.2, -0.15) is 0 Å². The molecule has 2 atom stereocenters. The van der Waals surface area contributed by atoms with E-state index in [-0.39, 0.29) is 29.9 Å². The molecule has 0 spiro atoms. The van der Waals surface area contributed by atoms with Crippen molar-refractivity contribution in [3.05, 3.63) is 107 Å². The summed E-state index contributed by atoms with van der Waals surface area (Å²) in [6.45, 7) is 4.04. The second-order valence-electron chi connectivity index (χ2n) is 11.7. The molecule has 0 radical (unpaired) electrons. The van der Waals surface area contributed by atoms with Gasteiger partial charge in [0.2, 0.25) is 5.91 Å². The van der Waals surface area contributed by atoms with E-state index in [4.69, 9.17) is 5.73 Å². The van der Waals surface area contributed by atoms with Gasteiger partial charge in [-0.25, -0.2) is 4.39 Å². The number of amides is 2. The van der Waals surface area contributed by atoms with Crippen molar-refractivity contribution < 1.29 is 14.0 Å². The summed E-state index contributed by atoms with van der Waals surface area (Å²) in [5.74, 6) is -0.741. The number of carbonyl (C=O) groups excluding carboxylic acids is 2. The van der Waals surface area contributed by atoms with Gasteiger partial charge < -0.3 is 16.0 Å². The van der Waals surface area contributed by atoms with E-state index in [2.05, 4.69) is 65.7 Å². The minimum Gasteiger partial charge on any atom is -0.352 e. The van der Waals surface area contributed by atoms with Crippen molar-refractivity contribution in [1.82, 2.24) is 15.1 Å². The summed E-state index contributed by atoms with van der Waals surface area (Å²) in [7, 11) is 0. The number of hydrogen-bond acceptors (Lipinski definition) is 4. The topological polar surface area (TPSA) is 78.7 Å². The Morgan fingerprint density at radius 1 is 0.927 bits per heavy atom. The summed E-state index contributed by atoms with van der Waals surface area (Å²) in [5.41, 5.74) is 10.1. The first-order valence-electron chi connectivity index (χ1n) is 14.8. The number of carbonyl (C=O) groups is 2. The van der Waals surface area contributed by atoms with Crippen LogP contribution in [0.25, 0.3) is 0 Å². The van der Waals surface area contributed by atoms with E-state index in [1.165, 1.54) is 41.0 Å². The van der Waals surface area contributed by atoms with Crippen LogP contribution in [0.3, 0.4) is 0 Å². The van der Waals surface area contributed by atoms with E-state index in [9.17, 15) is 14.0 Å². The fraction of sp³-hybridized carbons (Fsp3) is 0.412. The molecule has 6 nitrogen and oxygen atoms in total. The molecular weight excluding hydrogens is 515 g/mol. The highest BCUT2D eigenvalue weighted by Crippen LogP contribution is 2.28. The summed E-state index contributed by atoms with van der Waals surface area (Å²) < 4.78 is 13.6. The monoisotopic (exact) mass is 556 g/mol. The lowest BCUT2D eigenvalue weighted by atomic mass is 9.91. The minimum absolute atomic E-state index is 0.0000540. The molecule has 41 heavy (non-hydrogen) atoms. The van der Waals surface area contributed by atoms with Crippen LogP contribution in [0.2, 0.25) is 0 Å². The summed E-state index contributed by atoms with van der Waals surface area (Å²) in [4.78, 5) is 31.6. The molecule has 3 aromatic carbocycles. The maximum absolute atomic E-state index is 13.7. The lowest BCUT2D eigenvalue weighted by molar-refractivity contribution is -0.125. The smallest absolute Gasteiger partial charge is 0.254 e. The second kappa shape index (κ2) is 13.4. The van der Waals surface area contributed by atoms with Crippen molar-refractivity contribution in [1.29, 1.82) is 0 Å². The van der Waals surface area contributed by atoms with Crippen molar-refractivity contribution in [2.24, 2.45) is 5.73 Å². The van der Waals surface area contributed by atoms with Crippen molar-refractivity contribution in [2.45, 2.75) is 76.2 Å². The number of likely N-dealkylation sites (tertiary alicyclic amines) is 1. The molecule has 2 fully saturated rings. The molecule has 3 aromatic rings. The Hall–Kier alpha value is -3.55. The van der Waals surface area contributed by atoms with Crippen LogP contribution in [-0.2, 0) is 17.8 Å². The first-order chi connectivity index (χ1) is 19.9. The number of nitrogens with two attached hydrogens (primary N) is 1. The normalized spacial score (nSPS) is 22.6. The first kappa shape index (κ1) is 29.0. The number of nitrogens with one attached hydrogen (secondary N) is 1. The maximum Gasteiger partial charge on any atom is 0.254 e. The molecule has 5 rings (SSSR count). The Bertz CT molecular complexity index is 1290. The third kappa shape index (κ3) is 7.60. The molecule has 0 aromatic heterocycles. The fourth-order valence-electron chi connectivity index (χ4n) is 6.11. The molecule has 2 amide bonds.